The van der Waals surface area contributed by atoms with E-state index >= 15 is 0 Å². The molecule has 3 rings (SSSR count). The molecule has 0 saturated heterocycles. The maximum absolute atomic E-state index is 10.9. The van der Waals surface area contributed by atoms with Crippen molar-refractivity contribution in [3.63, 3.8) is 0 Å². The molecule has 0 spiro atoms. The van der Waals surface area contributed by atoms with E-state index in [9.17, 15) is 14.8 Å². The first-order valence-electron chi connectivity index (χ1n) is 8.51. The lowest BCUT2D eigenvalue weighted by atomic mass is 10.2. The molecular formula is C16H21N6O6P. The number of nitrogens with two attached hydrogens (primary N) is 1. The number of aromatic nitrogens is 4. The Balaban J connectivity index is 1.77. The first kappa shape index (κ1) is 20.8. The number of imidazole rings is 1. The fraction of sp³-hybridized carbons (Fsp3) is 0.312. The van der Waals surface area contributed by atoms with E-state index in [-0.39, 0.29) is 30.5 Å². The van der Waals surface area contributed by atoms with Gasteiger partial charge in [-0.25, -0.2) is 4.98 Å². The van der Waals surface area contributed by atoms with Crippen LogP contribution in [0.15, 0.2) is 24.5 Å². The molecule has 1 aromatic carbocycles. The monoisotopic (exact) mass is 424 g/mol. The molecule has 1 atom stereocenters. The standard InChI is InChI=1S/C16H21N6O6P/c1-9(28-8-29(25,26)27)6-22-7-19-13-14(20-16(17)21-15(13)22)18-5-10-2-3-11(23)12(24)4-10/h2-4,7,9,23-24H,5-6,8H2,1H3,(H2,25,26,27)(H3,17,18,20,21)/t9-/m1/s1. The number of nitrogen functional groups attached to an aromatic ring is 1. The van der Waals surface area contributed by atoms with Crippen LogP contribution < -0.4 is 11.1 Å². The van der Waals surface area contributed by atoms with Crippen molar-refractivity contribution in [2.24, 2.45) is 0 Å². The van der Waals surface area contributed by atoms with Gasteiger partial charge in [0.2, 0.25) is 5.95 Å². The molecular weight excluding hydrogens is 403 g/mol. The Bertz CT molecular complexity index is 1070. The number of benzene rings is 1. The molecule has 29 heavy (non-hydrogen) atoms. The molecule has 2 heterocycles. The number of phenols is 2. The Morgan fingerprint density at radius 1 is 1.28 bits per heavy atom. The van der Waals surface area contributed by atoms with Gasteiger partial charge in [0.25, 0.3) is 0 Å². The highest BCUT2D eigenvalue weighted by molar-refractivity contribution is 7.51. The summed E-state index contributed by atoms with van der Waals surface area (Å²) < 4.78 is 17.8. The summed E-state index contributed by atoms with van der Waals surface area (Å²) in [7, 11) is -4.25. The van der Waals surface area contributed by atoms with Crippen LogP contribution in [0.2, 0.25) is 0 Å². The summed E-state index contributed by atoms with van der Waals surface area (Å²) in [5.41, 5.74) is 7.38. The maximum Gasteiger partial charge on any atom is 0.350 e. The quantitative estimate of drug-likeness (QED) is 0.223. The molecule has 0 radical (unpaired) electrons. The molecule has 3 aromatic rings. The number of hydrogen-bond acceptors (Lipinski definition) is 9. The number of anilines is 2. The molecule has 0 aliphatic rings. The number of hydrogen-bond donors (Lipinski definition) is 6. The molecule has 0 fully saturated rings. The van der Waals surface area contributed by atoms with Gasteiger partial charge in [0.15, 0.2) is 28.5 Å². The Hall–Kier alpha value is -2.92. The van der Waals surface area contributed by atoms with Crippen molar-refractivity contribution < 1.29 is 29.3 Å². The van der Waals surface area contributed by atoms with Gasteiger partial charge in [0, 0.05) is 6.54 Å². The van der Waals surface area contributed by atoms with Crippen LogP contribution in [0.3, 0.4) is 0 Å². The fourth-order valence-corrected chi connectivity index (χ4v) is 3.09. The van der Waals surface area contributed by atoms with Gasteiger partial charge in [-0.3, -0.25) is 4.57 Å². The minimum atomic E-state index is -4.25. The molecule has 0 amide bonds. The number of fused-ring (bicyclic) bond motifs is 1. The summed E-state index contributed by atoms with van der Waals surface area (Å²) in [6, 6.07) is 4.44. The van der Waals surface area contributed by atoms with E-state index in [4.69, 9.17) is 20.3 Å². The summed E-state index contributed by atoms with van der Waals surface area (Å²) in [4.78, 5) is 30.5. The maximum atomic E-state index is 10.9. The largest absolute Gasteiger partial charge is 0.504 e. The minimum absolute atomic E-state index is 0.0130. The summed E-state index contributed by atoms with van der Waals surface area (Å²) in [5.74, 6) is -0.0526. The van der Waals surface area contributed by atoms with Gasteiger partial charge in [0.05, 0.1) is 19.0 Å². The summed E-state index contributed by atoms with van der Waals surface area (Å²) in [5, 5.41) is 22.1. The third kappa shape index (κ3) is 5.33. The summed E-state index contributed by atoms with van der Waals surface area (Å²) in [6.07, 6.45) is 0.324. The van der Waals surface area contributed by atoms with Crippen LogP contribution in [0.1, 0.15) is 12.5 Å². The number of aromatic hydroxyl groups is 2. The van der Waals surface area contributed by atoms with Gasteiger partial charge in [-0.1, -0.05) is 6.07 Å². The Labute approximate surface area is 165 Å². The van der Waals surface area contributed by atoms with Crippen LogP contribution in [0.4, 0.5) is 11.8 Å². The number of nitrogens with zero attached hydrogens (tertiary/aromatic N) is 4. The van der Waals surface area contributed by atoms with Gasteiger partial charge >= 0.3 is 7.60 Å². The van der Waals surface area contributed by atoms with E-state index in [1.807, 2.05) is 0 Å². The smallest absolute Gasteiger partial charge is 0.350 e. The SMILES string of the molecule is C[C@H](Cn1cnc2c(NCc3ccc(O)c(O)c3)nc(N)nc21)OCP(=O)(O)O. The predicted molar refractivity (Wildman–Crippen MR) is 104 cm³/mol. The van der Waals surface area contributed by atoms with Crippen molar-refractivity contribution in [1.29, 1.82) is 0 Å². The average molecular weight is 424 g/mol. The topological polar surface area (TPSA) is 189 Å². The first-order valence-corrected chi connectivity index (χ1v) is 10.3. The molecule has 156 valence electrons. The zero-order valence-electron chi connectivity index (χ0n) is 15.4. The van der Waals surface area contributed by atoms with E-state index < -0.39 is 20.0 Å². The minimum Gasteiger partial charge on any atom is -0.504 e. The lowest BCUT2D eigenvalue weighted by molar-refractivity contribution is 0.0764. The van der Waals surface area contributed by atoms with Gasteiger partial charge in [-0.2, -0.15) is 9.97 Å². The molecule has 12 nitrogen and oxygen atoms in total. The van der Waals surface area contributed by atoms with E-state index in [2.05, 4.69) is 20.3 Å². The molecule has 2 aromatic heterocycles. The van der Waals surface area contributed by atoms with Gasteiger partial charge < -0.3 is 40.4 Å². The van der Waals surface area contributed by atoms with Crippen LogP contribution in [0.5, 0.6) is 11.5 Å². The zero-order chi connectivity index (χ0) is 21.2. The Morgan fingerprint density at radius 2 is 2.03 bits per heavy atom. The summed E-state index contributed by atoms with van der Waals surface area (Å²) >= 11 is 0. The highest BCUT2D eigenvalue weighted by atomic mass is 31.2. The van der Waals surface area contributed by atoms with Gasteiger partial charge in [-0.15, -0.1) is 0 Å². The van der Waals surface area contributed by atoms with Crippen molar-refractivity contribution >= 4 is 30.5 Å². The summed E-state index contributed by atoms with van der Waals surface area (Å²) in [6.45, 7) is 2.20. The number of ether oxygens (including phenoxy) is 1. The number of rotatable bonds is 8. The van der Waals surface area contributed by atoms with Crippen LogP contribution in [-0.2, 0) is 22.4 Å². The first-order chi connectivity index (χ1) is 13.6. The van der Waals surface area contributed by atoms with E-state index in [1.165, 1.54) is 18.5 Å². The van der Waals surface area contributed by atoms with Crippen molar-refractivity contribution in [3.05, 3.63) is 30.1 Å². The molecule has 0 bridgehead atoms. The third-order valence-corrected chi connectivity index (χ3v) is 4.45. The van der Waals surface area contributed by atoms with Crippen molar-refractivity contribution in [1.82, 2.24) is 19.5 Å². The highest BCUT2D eigenvalue weighted by Gasteiger charge is 2.18. The van der Waals surface area contributed by atoms with Crippen molar-refractivity contribution in [2.45, 2.75) is 26.1 Å². The normalized spacial score (nSPS) is 12.9. The highest BCUT2D eigenvalue weighted by Crippen LogP contribution is 2.34. The predicted octanol–water partition coefficient (Wildman–Crippen LogP) is 0.972. The molecule has 0 saturated carbocycles. The second-order valence-electron chi connectivity index (χ2n) is 6.45. The molecule has 7 N–H and O–H groups in total. The van der Waals surface area contributed by atoms with Gasteiger partial charge in [0.1, 0.15) is 6.35 Å². The second-order valence-corrected chi connectivity index (χ2v) is 8.03. The molecule has 0 aliphatic heterocycles. The fourth-order valence-electron chi connectivity index (χ4n) is 2.64. The van der Waals surface area contributed by atoms with Crippen LogP contribution in [0, 0.1) is 0 Å². The van der Waals surface area contributed by atoms with Gasteiger partial charge in [-0.05, 0) is 24.6 Å². The Morgan fingerprint density at radius 3 is 2.72 bits per heavy atom. The third-order valence-electron chi connectivity index (χ3n) is 3.96. The second kappa shape index (κ2) is 8.21. The van der Waals surface area contributed by atoms with Crippen LogP contribution in [0.25, 0.3) is 11.2 Å². The average Bonchev–Trinajstić information content (AvgIpc) is 3.03. The van der Waals surface area contributed by atoms with Crippen molar-refractivity contribution in [3.8, 4) is 11.5 Å². The van der Waals surface area contributed by atoms with E-state index in [0.29, 0.717) is 22.5 Å². The van der Waals surface area contributed by atoms with Crippen LogP contribution in [-0.4, -0.2) is 52.0 Å². The number of phenolic OH excluding ortho intramolecular Hbond substituents is 2. The lowest BCUT2D eigenvalue weighted by Crippen LogP contribution is -2.17. The number of nitrogens with one attached hydrogen (secondary N) is 1. The zero-order valence-corrected chi connectivity index (χ0v) is 16.3. The lowest BCUT2D eigenvalue weighted by Gasteiger charge is -2.14. The molecule has 0 aliphatic carbocycles. The molecule has 0 unspecified atom stereocenters. The van der Waals surface area contributed by atoms with Crippen molar-refractivity contribution in [2.75, 3.05) is 17.4 Å². The Kier molecular flexibility index (Phi) is 5.89. The van der Waals surface area contributed by atoms with Crippen LogP contribution >= 0.6 is 7.60 Å². The van der Waals surface area contributed by atoms with E-state index in [0.717, 1.165) is 0 Å². The molecule has 13 heteroatoms. The van der Waals surface area contributed by atoms with E-state index in [1.54, 1.807) is 17.6 Å².